The number of rotatable bonds is 7. The van der Waals surface area contributed by atoms with E-state index < -0.39 is 5.97 Å². The Morgan fingerprint density at radius 1 is 1.61 bits per heavy atom. The highest BCUT2D eigenvalue weighted by Crippen LogP contribution is 2.38. The fourth-order valence-corrected chi connectivity index (χ4v) is 3.67. The molecule has 0 saturated carbocycles. The zero-order valence-corrected chi connectivity index (χ0v) is 12.1. The summed E-state index contributed by atoms with van der Waals surface area (Å²) in [6.45, 7) is 0.921. The van der Waals surface area contributed by atoms with Crippen LogP contribution in [0.15, 0.2) is 0 Å². The molecule has 2 rings (SSSR count). The van der Waals surface area contributed by atoms with Crippen LogP contribution in [0.3, 0.4) is 0 Å². The van der Waals surface area contributed by atoms with E-state index in [0.717, 1.165) is 35.1 Å². The van der Waals surface area contributed by atoms with Crippen molar-refractivity contribution < 1.29 is 9.90 Å². The number of carbonyl (C=O) groups is 1. The van der Waals surface area contributed by atoms with E-state index in [1.54, 1.807) is 11.3 Å². The van der Waals surface area contributed by atoms with Gasteiger partial charge in [-0.1, -0.05) is 0 Å². The third-order valence-corrected chi connectivity index (χ3v) is 4.85. The van der Waals surface area contributed by atoms with E-state index in [2.05, 4.69) is 16.6 Å². The van der Waals surface area contributed by atoms with Gasteiger partial charge in [-0.3, -0.25) is 4.79 Å². The average molecular weight is 286 g/mol. The Hall–Kier alpha value is -0.750. The number of nitrogens with one attached hydrogen (secondary N) is 1. The monoisotopic (exact) mass is 286 g/mol. The Kier molecular flexibility index (Phi) is 4.88. The lowest BCUT2D eigenvalue weighted by atomic mass is 10.1. The van der Waals surface area contributed by atoms with Crippen molar-refractivity contribution in [1.82, 2.24) is 4.98 Å². The summed E-state index contributed by atoms with van der Waals surface area (Å²) in [6, 6.07) is 0. The minimum Gasteiger partial charge on any atom is -0.481 e. The molecular formula is C12H18N2O2S2. The van der Waals surface area contributed by atoms with Crippen molar-refractivity contribution in [2.75, 3.05) is 23.9 Å². The van der Waals surface area contributed by atoms with E-state index in [1.165, 1.54) is 12.2 Å². The van der Waals surface area contributed by atoms with Crippen LogP contribution < -0.4 is 5.32 Å². The number of fused-ring (bicyclic) bond motifs is 1. The quantitative estimate of drug-likeness (QED) is 0.755. The van der Waals surface area contributed by atoms with Gasteiger partial charge in [-0.2, -0.15) is 11.8 Å². The van der Waals surface area contributed by atoms with Gasteiger partial charge in [-0.15, -0.1) is 11.3 Å². The van der Waals surface area contributed by atoms with E-state index in [-0.39, 0.29) is 5.92 Å². The highest BCUT2D eigenvalue weighted by molar-refractivity contribution is 7.98. The molecule has 0 aliphatic heterocycles. The molecular weight excluding hydrogens is 268 g/mol. The summed E-state index contributed by atoms with van der Waals surface area (Å²) in [7, 11) is 0. The number of thiazole rings is 1. The van der Waals surface area contributed by atoms with Crippen LogP contribution in [0.1, 0.15) is 35.8 Å². The average Bonchev–Trinajstić information content (AvgIpc) is 2.87. The highest BCUT2D eigenvalue weighted by atomic mass is 32.2. The SMILES string of the molecule is CSCCCCNc1nc2c(s1)CCC2C(=O)O. The maximum absolute atomic E-state index is 11.0. The first-order valence-electron chi connectivity index (χ1n) is 6.17. The number of nitrogens with zero attached hydrogens (tertiary/aromatic N) is 1. The minimum absolute atomic E-state index is 0.386. The van der Waals surface area contributed by atoms with E-state index in [9.17, 15) is 4.79 Å². The summed E-state index contributed by atoms with van der Waals surface area (Å²) in [5, 5.41) is 13.3. The first kappa shape index (κ1) is 13.7. The number of aryl methyl sites for hydroxylation is 1. The molecule has 2 N–H and O–H groups in total. The van der Waals surface area contributed by atoms with Gasteiger partial charge in [0.15, 0.2) is 5.13 Å². The molecule has 0 aromatic carbocycles. The number of thioether (sulfide) groups is 1. The Morgan fingerprint density at radius 3 is 3.17 bits per heavy atom. The summed E-state index contributed by atoms with van der Waals surface area (Å²) < 4.78 is 0. The van der Waals surface area contributed by atoms with Crippen LogP contribution >= 0.6 is 23.1 Å². The molecule has 1 unspecified atom stereocenters. The lowest BCUT2D eigenvalue weighted by Crippen LogP contribution is -2.09. The van der Waals surface area contributed by atoms with Gasteiger partial charge in [0, 0.05) is 11.4 Å². The lowest BCUT2D eigenvalue weighted by Gasteiger charge is -2.03. The second kappa shape index (κ2) is 6.43. The number of anilines is 1. The highest BCUT2D eigenvalue weighted by Gasteiger charge is 2.32. The van der Waals surface area contributed by atoms with Gasteiger partial charge < -0.3 is 10.4 Å². The second-order valence-corrected chi connectivity index (χ2v) is 6.45. The zero-order chi connectivity index (χ0) is 13.0. The lowest BCUT2D eigenvalue weighted by molar-refractivity contribution is -0.138. The van der Waals surface area contributed by atoms with E-state index >= 15 is 0 Å². The standard InChI is InChI=1S/C12H18N2O2S2/c1-17-7-3-2-6-13-12-14-10-8(11(15)16)4-5-9(10)18-12/h8H,2-7H2,1H3,(H,13,14)(H,15,16). The van der Waals surface area contributed by atoms with Crippen LogP contribution in [0.4, 0.5) is 5.13 Å². The summed E-state index contributed by atoms with van der Waals surface area (Å²) in [5.41, 5.74) is 0.791. The predicted molar refractivity (Wildman–Crippen MR) is 76.9 cm³/mol. The Labute approximate surface area is 115 Å². The molecule has 0 amide bonds. The molecule has 18 heavy (non-hydrogen) atoms. The molecule has 0 bridgehead atoms. The van der Waals surface area contributed by atoms with Gasteiger partial charge in [0.1, 0.15) is 5.92 Å². The summed E-state index contributed by atoms with van der Waals surface area (Å²) in [5.74, 6) is 0.0609. The molecule has 4 nitrogen and oxygen atoms in total. The molecule has 6 heteroatoms. The van der Waals surface area contributed by atoms with Gasteiger partial charge >= 0.3 is 5.97 Å². The molecule has 1 heterocycles. The molecule has 0 radical (unpaired) electrons. The first-order chi connectivity index (χ1) is 8.72. The van der Waals surface area contributed by atoms with Gasteiger partial charge in [0.05, 0.1) is 5.69 Å². The molecule has 1 aliphatic carbocycles. The van der Waals surface area contributed by atoms with E-state index in [0.29, 0.717) is 6.42 Å². The maximum atomic E-state index is 11.0. The van der Waals surface area contributed by atoms with E-state index in [4.69, 9.17) is 5.11 Å². The third kappa shape index (κ3) is 3.17. The van der Waals surface area contributed by atoms with Crippen LogP contribution in [0.5, 0.6) is 0 Å². The van der Waals surface area contributed by atoms with Gasteiger partial charge in [-0.25, -0.2) is 4.98 Å². The van der Waals surface area contributed by atoms with Crippen molar-refractivity contribution in [2.24, 2.45) is 0 Å². The molecule has 0 spiro atoms. The predicted octanol–water partition coefficient (Wildman–Crippen LogP) is 2.81. The number of aromatic nitrogens is 1. The number of aliphatic carboxylic acids is 1. The van der Waals surface area contributed by atoms with Crippen molar-refractivity contribution in [3.63, 3.8) is 0 Å². The molecule has 0 fully saturated rings. The molecule has 0 saturated heterocycles. The fraction of sp³-hybridized carbons (Fsp3) is 0.667. The summed E-state index contributed by atoms with van der Waals surface area (Å²) in [6.07, 6.45) is 6.02. The fourth-order valence-electron chi connectivity index (χ4n) is 2.11. The first-order valence-corrected chi connectivity index (χ1v) is 8.38. The molecule has 100 valence electrons. The number of carboxylic acids is 1. The number of unbranched alkanes of at least 4 members (excludes halogenated alkanes) is 1. The molecule has 1 aromatic heterocycles. The Balaban J connectivity index is 1.85. The zero-order valence-electron chi connectivity index (χ0n) is 10.4. The van der Waals surface area contributed by atoms with Crippen molar-refractivity contribution in [2.45, 2.75) is 31.6 Å². The summed E-state index contributed by atoms with van der Waals surface area (Å²) >= 11 is 3.48. The Bertz CT molecular complexity index is 420. The van der Waals surface area contributed by atoms with Gasteiger partial charge in [0.25, 0.3) is 0 Å². The maximum Gasteiger partial charge on any atom is 0.312 e. The number of hydrogen-bond donors (Lipinski definition) is 2. The molecule has 1 aliphatic rings. The van der Waals surface area contributed by atoms with Crippen LogP contribution in [0, 0.1) is 0 Å². The minimum atomic E-state index is -0.745. The normalized spacial score (nSPS) is 17.7. The van der Waals surface area contributed by atoms with Gasteiger partial charge in [0.2, 0.25) is 0 Å². The third-order valence-electron chi connectivity index (χ3n) is 3.07. The topological polar surface area (TPSA) is 62.2 Å². The summed E-state index contributed by atoms with van der Waals surface area (Å²) in [4.78, 5) is 16.6. The van der Waals surface area contributed by atoms with Gasteiger partial charge in [-0.05, 0) is 37.7 Å². The molecule has 1 atom stereocenters. The van der Waals surface area contributed by atoms with Crippen molar-refractivity contribution in [3.8, 4) is 0 Å². The van der Waals surface area contributed by atoms with Crippen LogP contribution in [0.25, 0.3) is 0 Å². The van der Waals surface area contributed by atoms with Crippen LogP contribution in [0.2, 0.25) is 0 Å². The van der Waals surface area contributed by atoms with E-state index in [1.807, 2.05) is 11.8 Å². The van der Waals surface area contributed by atoms with Crippen LogP contribution in [-0.4, -0.2) is 34.6 Å². The van der Waals surface area contributed by atoms with Crippen molar-refractivity contribution in [3.05, 3.63) is 10.6 Å². The largest absolute Gasteiger partial charge is 0.481 e. The van der Waals surface area contributed by atoms with Crippen molar-refractivity contribution in [1.29, 1.82) is 0 Å². The molecule has 1 aromatic rings. The Morgan fingerprint density at radius 2 is 2.44 bits per heavy atom. The van der Waals surface area contributed by atoms with Crippen LogP contribution in [-0.2, 0) is 11.2 Å². The second-order valence-electron chi connectivity index (χ2n) is 4.38. The number of carboxylic acid groups (broad SMARTS) is 1. The number of hydrogen-bond acceptors (Lipinski definition) is 5. The van der Waals surface area contributed by atoms with Crippen molar-refractivity contribution >= 4 is 34.2 Å². The smallest absolute Gasteiger partial charge is 0.312 e.